The van der Waals surface area contributed by atoms with Crippen LogP contribution in [0.1, 0.15) is 16.7 Å². The molecule has 0 spiro atoms. The van der Waals surface area contributed by atoms with E-state index in [1.165, 1.54) is 5.56 Å². The predicted octanol–water partition coefficient (Wildman–Crippen LogP) is 3.39. The van der Waals surface area contributed by atoms with E-state index in [1.807, 2.05) is 36.4 Å². The lowest BCUT2D eigenvalue weighted by Gasteiger charge is -2.04. The van der Waals surface area contributed by atoms with E-state index in [1.54, 1.807) is 30.6 Å². The van der Waals surface area contributed by atoms with Crippen molar-refractivity contribution < 1.29 is 14.3 Å². The van der Waals surface area contributed by atoms with Crippen LogP contribution in [0.4, 0.5) is 5.69 Å². The number of amides is 1. The Hall–Kier alpha value is -3.78. The molecule has 3 aromatic rings. The Labute approximate surface area is 157 Å². The summed E-state index contributed by atoms with van der Waals surface area (Å²) in [6.45, 7) is 0.212. The Morgan fingerprint density at radius 2 is 1.70 bits per heavy atom. The summed E-state index contributed by atoms with van der Waals surface area (Å²) in [4.78, 5) is 16.1. The maximum absolute atomic E-state index is 12.0. The van der Waals surface area contributed by atoms with Gasteiger partial charge in [0.2, 0.25) is 6.79 Å². The topological polar surface area (TPSA) is 60.5 Å². The fourth-order valence-corrected chi connectivity index (χ4v) is 2.71. The molecular formula is C22H16N2O3. The van der Waals surface area contributed by atoms with Crippen LogP contribution in [-0.4, -0.2) is 17.7 Å². The van der Waals surface area contributed by atoms with Crippen LogP contribution in [0.2, 0.25) is 0 Å². The van der Waals surface area contributed by atoms with Gasteiger partial charge in [-0.2, -0.15) is 0 Å². The normalized spacial score (nSPS) is 11.4. The second kappa shape index (κ2) is 7.63. The summed E-state index contributed by atoms with van der Waals surface area (Å²) < 4.78 is 10.6. The minimum atomic E-state index is -0.366. The van der Waals surface area contributed by atoms with Crippen molar-refractivity contribution in [1.82, 2.24) is 4.98 Å². The summed E-state index contributed by atoms with van der Waals surface area (Å²) in [7, 11) is 0. The van der Waals surface area contributed by atoms with Crippen molar-refractivity contribution in [1.29, 1.82) is 0 Å². The van der Waals surface area contributed by atoms with Gasteiger partial charge in [0.25, 0.3) is 0 Å². The molecule has 0 unspecified atom stereocenters. The zero-order valence-corrected chi connectivity index (χ0v) is 14.4. The van der Waals surface area contributed by atoms with E-state index in [-0.39, 0.29) is 12.7 Å². The van der Waals surface area contributed by atoms with Gasteiger partial charge in [0.15, 0.2) is 11.5 Å². The standard InChI is InChI=1S/C22H16N2O3/c25-22(8-4-17-3-7-20-21(14-17)27-15-26-20)24-19-5-1-16(2-6-19)13-18-9-11-23-12-10-18/h1-3,5-7,9-12,14H,13,15H2,(H,24,25). The number of hydrogen-bond acceptors (Lipinski definition) is 4. The molecule has 1 N–H and O–H groups in total. The van der Waals surface area contributed by atoms with E-state index in [2.05, 4.69) is 22.1 Å². The highest BCUT2D eigenvalue weighted by atomic mass is 16.7. The number of aromatic nitrogens is 1. The van der Waals surface area contributed by atoms with E-state index < -0.39 is 0 Å². The molecule has 1 aromatic heterocycles. The average molecular weight is 356 g/mol. The van der Waals surface area contributed by atoms with Crippen LogP contribution < -0.4 is 14.8 Å². The van der Waals surface area contributed by atoms with Gasteiger partial charge in [-0.3, -0.25) is 9.78 Å². The second-order valence-corrected chi connectivity index (χ2v) is 6.00. The van der Waals surface area contributed by atoms with Gasteiger partial charge in [-0.25, -0.2) is 0 Å². The first-order valence-electron chi connectivity index (χ1n) is 8.47. The van der Waals surface area contributed by atoms with Gasteiger partial charge in [-0.15, -0.1) is 0 Å². The Kier molecular flexibility index (Phi) is 4.71. The zero-order chi connectivity index (χ0) is 18.5. The average Bonchev–Trinajstić information content (AvgIpc) is 3.17. The minimum absolute atomic E-state index is 0.212. The lowest BCUT2D eigenvalue weighted by Crippen LogP contribution is -2.08. The first kappa shape index (κ1) is 16.7. The number of fused-ring (bicyclic) bond motifs is 1. The molecule has 0 aliphatic carbocycles. The third-order valence-corrected chi connectivity index (χ3v) is 4.06. The third kappa shape index (κ3) is 4.25. The zero-order valence-electron chi connectivity index (χ0n) is 14.4. The molecule has 0 bridgehead atoms. The number of ether oxygens (including phenoxy) is 2. The van der Waals surface area contributed by atoms with Gasteiger partial charge in [0.1, 0.15) is 0 Å². The largest absolute Gasteiger partial charge is 0.454 e. The highest BCUT2D eigenvalue weighted by Gasteiger charge is 2.12. The maximum Gasteiger partial charge on any atom is 0.300 e. The van der Waals surface area contributed by atoms with Gasteiger partial charge in [0, 0.05) is 29.6 Å². The second-order valence-electron chi connectivity index (χ2n) is 6.00. The van der Waals surface area contributed by atoms with Crippen LogP contribution in [-0.2, 0) is 11.2 Å². The summed E-state index contributed by atoms with van der Waals surface area (Å²) in [5.74, 6) is 6.40. The Morgan fingerprint density at radius 1 is 0.963 bits per heavy atom. The van der Waals surface area contributed by atoms with Crippen molar-refractivity contribution in [3.05, 3.63) is 83.7 Å². The Bertz CT molecular complexity index is 1020. The molecule has 0 saturated carbocycles. The molecule has 0 radical (unpaired) electrons. The van der Waals surface area contributed by atoms with Gasteiger partial charge in [-0.1, -0.05) is 18.1 Å². The van der Waals surface area contributed by atoms with Crippen molar-refractivity contribution in [3.63, 3.8) is 0 Å². The number of rotatable bonds is 3. The number of carbonyl (C=O) groups is 1. The molecule has 0 fully saturated rings. The highest BCUT2D eigenvalue weighted by Crippen LogP contribution is 2.32. The van der Waals surface area contributed by atoms with Crippen molar-refractivity contribution in [2.24, 2.45) is 0 Å². The van der Waals surface area contributed by atoms with E-state index >= 15 is 0 Å². The number of benzene rings is 2. The van der Waals surface area contributed by atoms with Gasteiger partial charge in [-0.05, 0) is 60.0 Å². The first-order valence-corrected chi connectivity index (χ1v) is 8.47. The van der Waals surface area contributed by atoms with E-state index in [9.17, 15) is 4.79 Å². The van der Waals surface area contributed by atoms with Crippen molar-refractivity contribution in [3.8, 4) is 23.3 Å². The number of carbonyl (C=O) groups excluding carboxylic acids is 1. The number of nitrogens with one attached hydrogen (secondary N) is 1. The molecule has 1 amide bonds. The van der Waals surface area contributed by atoms with Crippen LogP contribution in [0.5, 0.6) is 11.5 Å². The van der Waals surface area contributed by atoms with Crippen molar-refractivity contribution >= 4 is 11.6 Å². The minimum Gasteiger partial charge on any atom is -0.454 e. The van der Waals surface area contributed by atoms with Crippen LogP contribution in [0.15, 0.2) is 67.0 Å². The molecule has 1 aliphatic heterocycles. The summed E-state index contributed by atoms with van der Waals surface area (Å²) in [5.41, 5.74) is 3.75. The fourth-order valence-electron chi connectivity index (χ4n) is 2.71. The van der Waals surface area contributed by atoms with Crippen LogP contribution in [0.3, 0.4) is 0 Å². The molecule has 5 nitrogen and oxygen atoms in total. The summed E-state index contributed by atoms with van der Waals surface area (Å²) in [6, 6.07) is 17.0. The first-order chi connectivity index (χ1) is 13.3. The SMILES string of the molecule is O=C(C#Cc1ccc2c(c1)OCO2)Nc1ccc(Cc2ccncc2)cc1. The van der Waals surface area contributed by atoms with Crippen molar-refractivity contribution in [2.75, 3.05) is 12.1 Å². The van der Waals surface area contributed by atoms with E-state index in [0.717, 1.165) is 12.0 Å². The number of hydrogen-bond donors (Lipinski definition) is 1. The number of pyridine rings is 1. The summed E-state index contributed by atoms with van der Waals surface area (Å²) in [5, 5.41) is 2.78. The quantitative estimate of drug-likeness (QED) is 0.731. The molecule has 5 heteroatoms. The van der Waals surface area contributed by atoms with Crippen molar-refractivity contribution in [2.45, 2.75) is 6.42 Å². The van der Waals surface area contributed by atoms with Gasteiger partial charge >= 0.3 is 5.91 Å². The van der Waals surface area contributed by atoms with E-state index in [4.69, 9.17) is 9.47 Å². The summed E-state index contributed by atoms with van der Waals surface area (Å²) >= 11 is 0. The molecule has 132 valence electrons. The molecule has 0 atom stereocenters. The van der Waals surface area contributed by atoms with Gasteiger partial charge < -0.3 is 14.8 Å². The number of nitrogens with zero attached hydrogens (tertiary/aromatic N) is 1. The van der Waals surface area contributed by atoms with E-state index in [0.29, 0.717) is 22.7 Å². The highest BCUT2D eigenvalue weighted by molar-refractivity contribution is 6.04. The molecule has 2 heterocycles. The van der Waals surface area contributed by atoms with Crippen LogP contribution >= 0.6 is 0 Å². The maximum atomic E-state index is 12.0. The molecule has 1 aliphatic rings. The number of anilines is 1. The molecule has 0 saturated heterocycles. The van der Waals surface area contributed by atoms with Crippen LogP contribution in [0, 0.1) is 11.8 Å². The lowest BCUT2D eigenvalue weighted by molar-refractivity contribution is -0.111. The molecule has 27 heavy (non-hydrogen) atoms. The van der Waals surface area contributed by atoms with Gasteiger partial charge in [0.05, 0.1) is 0 Å². The smallest absolute Gasteiger partial charge is 0.300 e. The molecular weight excluding hydrogens is 340 g/mol. The Morgan fingerprint density at radius 3 is 2.52 bits per heavy atom. The fraction of sp³-hybridized carbons (Fsp3) is 0.0909. The molecule has 2 aromatic carbocycles. The monoisotopic (exact) mass is 356 g/mol. The summed E-state index contributed by atoms with van der Waals surface area (Å²) in [6.07, 6.45) is 4.38. The lowest BCUT2D eigenvalue weighted by atomic mass is 10.1. The van der Waals surface area contributed by atoms with Crippen LogP contribution in [0.25, 0.3) is 0 Å². The third-order valence-electron chi connectivity index (χ3n) is 4.06. The predicted molar refractivity (Wildman–Crippen MR) is 102 cm³/mol. The Balaban J connectivity index is 1.37. The molecule has 4 rings (SSSR count).